The number of benzene rings is 1. The van der Waals surface area contributed by atoms with Gasteiger partial charge in [-0.2, -0.15) is 0 Å². The summed E-state index contributed by atoms with van der Waals surface area (Å²) in [5.41, 5.74) is 21.7. The number of nitrogen functional groups attached to an aromatic ring is 1. The number of aromatic nitrogens is 1. The number of hydrogen-bond acceptors (Lipinski definition) is 6. The van der Waals surface area contributed by atoms with Crippen molar-refractivity contribution in [2.24, 2.45) is 11.5 Å². The third-order valence-corrected chi connectivity index (χ3v) is 5.16. The van der Waals surface area contributed by atoms with Gasteiger partial charge in [-0.25, -0.2) is 0 Å². The predicted octanol–water partition coefficient (Wildman–Crippen LogP) is 2.40. The van der Waals surface area contributed by atoms with Gasteiger partial charge in [-0.1, -0.05) is 18.7 Å². The first-order valence-corrected chi connectivity index (χ1v) is 9.56. The minimum Gasteiger partial charge on any atom is -0.507 e. The summed E-state index contributed by atoms with van der Waals surface area (Å²) in [4.78, 5) is 14.9. The number of anilines is 1. The summed E-state index contributed by atoms with van der Waals surface area (Å²) in [6.45, 7) is 5.38. The molecule has 0 aliphatic rings. The third-order valence-electron chi connectivity index (χ3n) is 5.16. The Bertz CT molecular complexity index is 901. The van der Waals surface area contributed by atoms with Gasteiger partial charge in [0.1, 0.15) is 11.6 Å². The summed E-state index contributed by atoms with van der Waals surface area (Å²) in [7, 11) is 0. The molecule has 2 rings (SSSR count). The maximum atomic E-state index is 11.7. The summed E-state index contributed by atoms with van der Waals surface area (Å²) in [5, 5.41) is 19.5. The molecule has 29 heavy (non-hydrogen) atoms. The van der Waals surface area contributed by atoms with Crippen molar-refractivity contribution in [2.45, 2.75) is 38.1 Å². The van der Waals surface area contributed by atoms with Gasteiger partial charge in [0.05, 0.1) is 6.04 Å². The molecule has 1 heterocycles. The van der Waals surface area contributed by atoms with E-state index in [1.807, 2.05) is 6.92 Å². The van der Waals surface area contributed by atoms with Crippen LogP contribution in [0.2, 0.25) is 0 Å². The van der Waals surface area contributed by atoms with Crippen LogP contribution in [0.3, 0.4) is 0 Å². The molecule has 1 aromatic carbocycles. The standard InChI is InChI=1S/C22H30N4O3/c1-3-19(28)17(23)9-8-14(10-11-27)21-13(2)16(22(25)26-21)12-18(24)15-6-4-5-7-20(15)29/h3-7,12,14,17,26-27,29H,1,8-11,23-25H2,2H3/b18-12-. The second-order valence-corrected chi connectivity index (χ2v) is 7.11. The van der Waals surface area contributed by atoms with Gasteiger partial charge >= 0.3 is 0 Å². The number of ketones is 1. The summed E-state index contributed by atoms with van der Waals surface area (Å²) < 4.78 is 0. The number of hydrogen-bond donors (Lipinski definition) is 6. The van der Waals surface area contributed by atoms with E-state index in [-0.39, 0.29) is 24.1 Å². The Morgan fingerprint density at radius 2 is 1.97 bits per heavy atom. The Labute approximate surface area is 170 Å². The minimum absolute atomic E-state index is 0.00112. The maximum absolute atomic E-state index is 11.7. The molecule has 7 nitrogen and oxygen atoms in total. The second kappa shape index (κ2) is 9.95. The monoisotopic (exact) mass is 398 g/mol. The van der Waals surface area contributed by atoms with Crippen molar-refractivity contribution in [1.82, 2.24) is 4.98 Å². The number of aromatic hydroxyl groups is 1. The van der Waals surface area contributed by atoms with Crippen molar-refractivity contribution in [3.8, 4) is 5.75 Å². The Balaban J connectivity index is 2.32. The van der Waals surface area contributed by atoms with E-state index >= 15 is 0 Å². The zero-order chi connectivity index (χ0) is 21.6. The minimum atomic E-state index is -0.614. The van der Waals surface area contributed by atoms with E-state index in [1.165, 1.54) is 6.08 Å². The number of aliphatic hydroxyl groups excluding tert-OH is 1. The van der Waals surface area contributed by atoms with Crippen LogP contribution in [-0.4, -0.2) is 33.6 Å². The number of aliphatic hydroxyl groups is 1. The topological polar surface area (TPSA) is 151 Å². The first kappa shape index (κ1) is 22.3. The first-order chi connectivity index (χ1) is 13.8. The number of phenolic OH excluding ortho intramolecular Hbond substituents is 1. The van der Waals surface area contributed by atoms with E-state index in [2.05, 4.69) is 11.6 Å². The molecule has 0 radical (unpaired) electrons. The van der Waals surface area contributed by atoms with Gasteiger partial charge < -0.3 is 32.4 Å². The Morgan fingerprint density at radius 1 is 1.28 bits per heavy atom. The highest BCUT2D eigenvalue weighted by Gasteiger charge is 2.21. The van der Waals surface area contributed by atoms with Crippen molar-refractivity contribution < 1.29 is 15.0 Å². The number of carbonyl (C=O) groups excluding carboxylic acids is 1. The van der Waals surface area contributed by atoms with Crippen molar-refractivity contribution in [1.29, 1.82) is 0 Å². The van der Waals surface area contributed by atoms with E-state index in [1.54, 1.807) is 30.3 Å². The molecule has 0 aliphatic heterocycles. The molecule has 2 atom stereocenters. The van der Waals surface area contributed by atoms with Crippen LogP contribution < -0.4 is 17.2 Å². The van der Waals surface area contributed by atoms with Crippen LogP contribution in [0, 0.1) is 6.92 Å². The number of nitrogens with one attached hydrogen (secondary N) is 1. The average Bonchev–Trinajstić information content (AvgIpc) is 2.98. The van der Waals surface area contributed by atoms with Crippen LogP contribution >= 0.6 is 0 Å². The van der Waals surface area contributed by atoms with Crippen molar-refractivity contribution in [3.63, 3.8) is 0 Å². The predicted molar refractivity (Wildman–Crippen MR) is 117 cm³/mol. The second-order valence-electron chi connectivity index (χ2n) is 7.11. The largest absolute Gasteiger partial charge is 0.507 e. The highest BCUT2D eigenvalue weighted by molar-refractivity contribution is 5.93. The Hall–Kier alpha value is -3.03. The quantitative estimate of drug-likeness (QED) is 0.338. The Morgan fingerprint density at radius 3 is 2.59 bits per heavy atom. The number of aromatic amines is 1. The molecule has 0 spiro atoms. The van der Waals surface area contributed by atoms with Crippen LogP contribution in [0.25, 0.3) is 11.8 Å². The van der Waals surface area contributed by atoms with Gasteiger partial charge in [0.15, 0.2) is 5.78 Å². The lowest BCUT2D eigenvalue weighted by atomic mass is 9.90. The number of rotatable bonds is 10. The number of H-pyrrole nitrogens is 1. The molecule has 156 valence electrons. The summed E-state index contributed by atoms with van der Waals surface area (Å²) in [6, 6.07) is 6.20. The SMILES string of the molecule is C=CC(=O)C(N)CCC(CCO)c1[nH]c(N)c(/C=C(\N)c2ccccc2O)c1C. The van der Waals surface area contributed by atoms with Crippen molar-refractivity contribution in [3.05, 3.63) is 59.3 Å². The van der Waals surface area contributed by atoms with Gasteiger partial charge in [0, 0.05) is 35.0 Å². The van der Waals surface area contributed by atoms with Gasteiger partial charge in [-0.05, 0) is 56.0 Å². The molecule has 1 aromatic heterocycles. The van der Waals surface area contributed by atoms with Gasteiger partial charge in [-0.15, -0.1) is 0 Å². The molecule has 2 unspecified atom stereocenters. The zero-order valence-corrected chi connectivity index (χ0v) is 16.7. The summed E-state index contributed by atoms with van der Waals surface area (Å²) in [5.74, 6) is 0.298. The van der Waals surface area contributed by atoms with E-state index in [0.29, 0.717) is 36.3 Å². The van der Waals surface area contributed by atoms with Gasteiger partial charge in [0.25, 0.3) is 0 Å². The molecule has 0 amide bonds. The molecule has 2 aromatic rings. The van der Waals surface area contributed by atoms with Crippen molar-refractivity contribution in [2.75, 3.05) is 12.3 Å². The lowest BCUT2D eigenvalue weighted by Gasteiger charge is -2.18. The molecule has 0 saturated heterocycles. The molecule has 7 heteroatoms. The molecule has 0 saturated carbocycles. The van der Waals surface area contributed by atoms with Gasteiger partial charge in [0.2, 0.25) is 0 Å². The molecule has 9 N–H and O–H groups in total. The highest BCUT2D eigenvalue weighted by atomic mass is 16.3. The van der Waals surface area contributed by atoms with Crippen LogP contribution in [-0.2, 0) is 4.79 Å². The number of carbonyl (C=O) groups is 1. The zero-order valence-electron chi connectivity index (χ0n) is 16.7. The van der Waals surface area contributed by atoms with E-state index < -0.39 is 6.04 Å². The fourth-order valence-corrected chi connectivity index (χ4v) is 3.46. The molecular weight excluding hydrogens is 368 g/mol. The highest BCUT2D eigenvalue weighted by Crippen LogP contribution is 2.34. The van der Waals surface area contributed by atoms with Crippen LogP contribution in [0.1, 0.15) is 47.6 Å². The summed E-state index contributed by atoms with van der Waals surface area (Å²) in [6.07, 6.45) is 4.55. The number of para-hydroxylation sites is 1. The third kappa shape index (κ3) is 5.28. The first-order valence-electron chi connectivity index (χ1n) is 9.56. The molecule has 0 aliphatic carbocycles. The van der Waals surface area contributed by atoms with Gasteiger partial charge in [-0.3, -0.25) is 4.79 Å². The lowest BCUT2D eigenvalue weighted by Crippen LogP contribution is -2.29. The van der Waals surface area contributed by atoms with Crippen LogP contribution in [0.5, 0.6) is 5.75 Å². The smallest absolute Gasteiger partial charge is 0.171 e. The molecule has 0 bridgehead atoms. The lowest BCUT2D eigenvalue weighted by molar-refractivity contribution is -0.115. The summed E-state index contributed by atoms with van der Waals surface area (Å²) >= 11 is 0. The fourth-order valence-electron chi connectivity index (χ4n) is 3.46. The van der Waals surface area contributed by atoms with Crippen LogP contribution in [0.15, 0.2) is 36.9 Å². The average molecular weight is 399 g/mol. The fraction of sp³-hybridized carbons (Fsp3) is 0.318. The maximum Gasteiger partial charge on any atom is 0.171 e. The Kier molecular flexibility index (Phi) is 7.64. The van der Waals surface area contributed by atoms with Crippen LogP contribution in [0.4, 0.5) is 5.82 Å². The molecular formula is C22H30N4O3. The number of nitrogens with two attached hydrogens (primary N) is 3. The normalized spacial score (nSPS) is 13.8. The molecule has 0 fully saturated rings. The van der Waals surface area contributed by atoms with E-state index in [4.69, 9.17) is 17.2 Å². The number of phenols is 1. The van der Waals surface area contributed by atoms with E-state index in [9.17, 15) is 15.0 Å². The van der Waals surface area contributed by atoms with Crippen molar-refractivity contribution >= 4 is 23.4 Å². The van der Waals surface area contributed by atoms with E-state index in [0.717, 1.165) is 16.8 Å².